The first-order chi connectivity index (χ1) is 8.39. The number of aryl methyl sites for hydroxylation is 1. The highest BCUT2D eigenvalue weighted by Crippen LogP contribution is 2.20. The largest absolute Gasteiger partial charge is 0.388 e. The molecule has 1 aromatic rings. The Morgan fingerprint density at radius 3 is 2.17 bits per heavy atom. The smallest absolute Gasteiger partial charge is 0.134 e. The topological polar surface area (TPSA) is 70.1 Å². The van der Waals surface area contributed by atoms with Gasteiger partial charge in [0.05, 0.1) is 5.60 Å². The number of aliphatic hydroxyl groups is 1. The number of nitrogens with zero attached hydrogens (tertiary/aromatic N) is 2. The number of anilines is 2. The maximum absolute atomic E-state index is 10.00. The van der Waals surface area contributed by atoms with E-state index in [1.165, 1.54) is 0 Å². The fourth-order valence-electron chi connectivity index (χ4n) is 1.54. The van der Waals surface area contributed by atoms with Gasteiger partial charge in [0.2, 0.25) is 0 Å². The Balaban J connectivity index is 2.88. The quantitative estimate of drug-likeness (QED) is 0.723. The van der Waals surface area contributed by atoms with Gasteiger partial charge in [-0.05, 0) is 34.1 Å². The Bertz CT molecular complexity index is 404. The molecule has 5 heteroatoms. The first-order valence-corrected chi connectivity index (χ1v) is 6.45. The summed E-state index contributed by atoms with van der Waals surface area (Å²) >= 11 is 0. The fraction of sp³-hybridized carbons (Fsp3) is 0.692. The van der Waals surface area contributed by atoms with Crippen LogP contribution in [-0.4, -0.2) is 33.8 Å². The lowest BCUT2D eigenvalue weighted by atomic mass is 10.0. The van der Waals surface area contributed by atoms with Gasteiger partial charge in [-0.25, -0.2) is 9.97 Å². The molecule has 1 atom stereocenters. The molecule has 1 heterocycles. The van der Waals surface area contributed by atoms with E-state index in [1.807, 2.05) is 34.6 Å². The molecule has 0 saturated carbocycles. The van der Waals surface area contributed by atoms with Crippen LogP contribution in [0.2, 0.25) is 0 Å². The molecule has 5 nitrogen and oxygen atoms in total. The van der Waals surface area contributed by atoms with Crippen molar-refractivity contribution in [3.8, 4) is 0 Å². The fourth-order valence-corrected chi connectivity index (χ4v) is 1.54. The standard InChI is InChI=1S/C13H24N4O/c1-6-13(5,18)8-15-12-9(3)11(14-7-2)16-10(4)17-12/h18H,6-8H2,1-5H3,(H2,14,15,16,17). The lowest BCUT2D eigenvalue weighted by Gasteiger charge is -2.23. The molecule has 0 aliphatic heterocycles. The summed E-state index contributed by atoms with van der Waals surface area (Å²) in [5.74, 6) is 2.35. The van der Waals surface area contributed by atoms with Gasteiger partial charge in [-0.2, -0.15) is 0 Å². The Labute approximate surface area is 109 Å². The summed E-state index contributed by atoms with van der Waals surface area (Å²) in [6.07, 6.45) is 0.698. The van der Waals surface area contributed by atoms with Gasteiger partial charge in [-0.15, -0.1) is 0 Å². The Hall–Kier alpha value is -1.36. The molecule has 1 rings (SSSR count). The molecule has 0 spiro atoms. The Morgan fingerprint density at radius 1 is 1.11 bits per heavy atom. The highest BCUT2D eigenvalue weighted by atomic mass is 16.3. The molecule has 1 aromatic heterocycles. The second-order valence-electron chi connectivity index (χ2n) is 4.83. The summed E-state index contributed by atoms with van der Waals surface area (Å²) in [6, 6.07) is 0. The molecule has 102 valence electrons. The molecule has 0 bridgehead atoms. The minimum atomic E-state index is -0.719. The summed E-state index contributed by atoms with van der Waals surface area (Å²) in [7, 11) is 0. The van der Waals surface area contributed by atoms with Gasteiger partial charge in [0.25, 0.3) is 0 Å². The van der Waals surface area contributed by atoms with Crippen LogP contribution in [0, 0.1) is 13.8 Å². The van der Waals surface area contributed by atoms with Crippen molar-refractivity contribution < 1.29 is 5.11 Å². The van der Waals surface area contributed by atoms with Crippen LogP contribution in [0.25, 0.3) is 0 Å². The van der Waals surface area contributed by atoms with Gasteiger partial charge in [0.1, 0.15) is 17.5 Å². The molecular formula is C13H24N4O. The minimum Gasteiger partial charge on any atom is -0.388 e. The summed E-state index contributed by atoms with van der Waals surface area (Å²) < 4.78 is 0. The molecule has 0 aromatic carbocycles. The zero-order chi connectivity index (χ0) is 13.8. The van der Waals surface area contributed by atoms with Gasteiger partial charge in [0.15, 0.2) is 0 Å². The van der Waals surface area contributed by atoms with E-state index in [4.69, 9.17) is 0 Å². The van der Waals surface area contributed by atoms with E-state index in [2.05, 4.69) is 20.6 Å². The van der Waals surface area contributed by atoms with Gasteiger partial charge in [-0.3, -0.25) is 0 Å². The lowest BCUT2D eigenvalue weighted by Crippen LogP contribution is -2.33. The van der Waals surface area contributed by atoms with E-state index in [0.717, 1.165) is 29.6 Å². The van der Waals surface area contributed by atoms with Gasteiger partial charge in [-0.1, -0.05) is 6.92 Å². The Kier molecular flexibility index (Phi) is 4.90. The van der Waals surface area contributed by atoms with E-state index < -0.39 is 5.60 Å². The lowest BCUT2D eigenvalue weighted by molar-refractivity contribution is 0.0696. The Morgan fingerprint density at radius 2 is 1.67 bits per heavy atom. The third kappa shape index (κ3) is 3.84. The van der Waals surface area contributed by atoms with Crippen molar-refractivity contribution in [2.24, 2.45) is 0 Å². The molecular weight excluding hydrogens is 228 g/mol. The first kappa shape index (κ1) is 14.7. The zero-order valence-electron chi connectivity index (χ0n) is 12.0. The van der Waals surface area contributed by atoms with Gasteiger partial charge < -0.3 is 15.7 Å². The molecule has 0 aliphatic carbocycles. The van der Waals surface area contributed by atoms with Crippen LogP contribution in [0.1, 0.15) is 38.6 Å². The highest BCUT2D eigenvalue weighted by molar-refractivity contribution is 5.57. The molecule has 1 unspecified atom stereocenters. The summed E-state index contributed by atoms with van der Waals surface area (Å²) in [5.41, 5.74) is 0.262. The average Bonchev–Trinajstić information content (AvgIpc) is 2.32. The number of hydrogen-bond donors (Lipinski definition) is 3. The van der Waals surface area contributed by atoms with Crippen LogP contribution in [0.15, 0.2) is 0 Å². The molecule has 3 N–H and O–H groups in total. The van der Waals surface area contributed by atoms with Crippen molar-refractivity contribution in [2.45, 2.75) is 46.6 Å². The van der Waals surface area contributed by atoms with E-state index >= 15 is 0 Å². The van der Waals surface area contributed by atoms with Crippen LogP contribution < -0.4 is 10.6 Å². The van der Waals surface area contributed by atoms with E-state index in [-0.39, 0.29) is 0 Å². The third-order valence-corrected chi connectivity index (χ3v) is 3.00. The normalized spacial score (nSPS) is 14.1. The number of aromatic nitrogens is 2. The molecule has 0 radical (unpaired) electrons. The summed E-state index contributed by atoms with van der Waals surface area (Å²) in [5, 5.41) is 16.4. The van der Waals surface area contributed by atoms with Crippen LogP contribution in [0.3, 0.4) is 0 Å². The predicted molar refractivity (Wildman–Crippen MR) is 75.1 cm³/mol. The van der Waals surface area contributed by atoms with Crippen LogP contribution in [-0.2, 0) is 0 Å². The highest BCUT2D eigenvalue weighted by Gasteiger charge is 2.18. The van der Waals surface area contributed by atoms with Crippen molar-refractivity contribution in [1.29, 1.82) is 0 Å². The molecule has 18 heavy (non-hydrogen) atoms. The van der Waals surface area contributed by atoms with Crippen LogP contribution >= 0.6 is 0 Å². The van der Waals surface area contributed by atoms with Crippen LogP contribution in [0.4, 0.5) is 11.6 Å². The van der Waals surface area contributed by atoms with Crippen molar-refractivity contribution in [1.82, 2.24) is 9.97 Å². The molecule has 0 fully saturated rings. The molecule has 0 saturated heterocycles. The first-order valence-electron chi connectivity index (χ1n) is 6.45. The van der Waals surface area contributed by atoms with E-state index in [0.29, 0.717) is 13.0 Å². The monoisotopic (exact) mass is 252 g/mol. The van der Waals surface area contributed by atoms with Crippen molar-refractivity contribution in [3.05, 3.63) is 11.4 Å². The van der Waals surface area contributed by atoms with E-state index in [1.54, 1.807) is 0 Å². The molecule has 0 aliphatic rings. The number of hydrogen-bond acceptors (Lipinski definition) is 5. The maximum atomic E-state index is 10.00. The average molecular weight is 252 g/mol. The van der Waals surface area contributed by atoms with Crippen molar-refractivity contribution >= 4 is 11.6 Å². The maximum Gasteiger partial charge on any atom is 0.134 e. The van der Waals surface area contributed by atoms with Crippen LogP contribution in [0.5, 0.6) is 0 Å². The predicted octanol–water partition coefficient (Wildman–Crippen LogP) is 2.10. The second-order valence-corrected chi connectivity index (χ2v) is 4.83. The van der Waals surface area contributed by atoms with Crippen molar-refractivity contribution in [2.75, 3.05) is 23.7 Å². The molecule has 0 amide bonds. The third-order valence-electron chi connectivity index (χ3n) is 3.00. The minimum absolute atomic E-state index is 0.479. The summed E-state index contributed by atoms with van der Waals surface area (Å²) in [6.45, 7) is 10.9. The SMILES string of the molecule is CCNc1nc(C)nc(NCC(C)(O)CC)c1C. The number of nitrogens with one attached hydrogen (secondary N) is 2. The van der Waals surface area contributed by atoms with Gasteiger partial charge >= 0.3 is 0 Å². The van der Waals surface area contributed by atoms with Gasteiger partial charge in [0, 0.05) is 18.7 Å². The van der Waals surface area contributed by atoms with Crippen molar-refractivity contribution in [3.63, 3.8) is 0 Å². The zero-order valence-corrected chi connectivity index (χ0v) is 12.0. The summed E-state index contributed by atoms with van der Waals surface area (Å²) in [4.78, 5) is 8.74. The number of rotatable bonds is 6. The van der Waals surface area contributed by atoms with E-state index in [9.17, 15) is 5.11 Å². The second kappa shape index (κ2) is 6.00.